The lowest BCUT2D eigenvalue weighted by molar-refractivity contribution is -0.113. The third-order valence-electron chi connectivity index (χ3n) is 4.38. The molecule has 7 nitrogen and oxygen atoms in total. The smallest absolute Gasteiger partial charge is 0.276 e. The fourth-order valence-electron chi connectivity index (χ4n) is 3.01. The number of hydrogen-bond donors (Lipinski definition) is 1. The molecule has 4 aromatic rings. The number of fused-ring (bicyclic) bond motifs is 1. The van der Waals surface area contributed by atoms with E-state index in [2.05, 4.69) is 10.3 Å². The Balaban J connectivity index is 1.66. The number of amides is 1. The molecule has 0 radical (unpaired) electrons. The molecule has 0 saturated carbocycles. The van der Waals surface area contributed by atoms with Crippen molar-refractivity contribution in [2.45, 2.75) is 5.16 Å². The van der Waals surface area contributed by atoms with Crippen molar-refractivity contribution in [1.82, 2.24) is 9.55 Å². The number of nitrogens with one attached hydrogen (secondary N) is 1. The van der Waals surface area contributed by atoms with E-state index in [4.69, 9.17) is 10.00 Å². The second kappa shape index (κ2) is 9.04. The van der Waals surface area contributed by atoms with Gasteiger partial charge in [-0.05, 0) is 41.8 Å². The van der Waals surface area contributed by atoms with Crippen LogP contribution in [-0.2, 0) is 4.79 Å². The maximum absolute atomic E-state index is 13.2. The first kappa shape index (κ1) is 20.7. The standard InChI is InChI=1S/C22H16N4O3S2/c1-29-18-8-3-2-7-17(18)26-21(28)20-16(9-10-30-20)25-22(26)31-13-19(27)24-15-6-4-5-14(11-15)12-23/h2-11H,13H2,1H3,(H,24,27). The average Bonchev–Trinajstić information content (AvgIpc) is 3.27. The van der Waals surface area contributed by atoms with Gasteiger partial charge in [0.15, 0.2) is 5.16 Å². The molecule has 1 N–H and O–H groups in total. The number of carbonyl (C=O) groups excluding carboxylic acids is 1. The first-order chi connectivity index (χ1) is 15.1. The lowest BCUT2D eigenvalue weighted by Gasteiger charge is -2.14. The highest BCUT2D eigenvalue weighted by molar-refractivity contribution is 7.99. The van der Waals surface area contributed by atoms with E-state index in [0.717, 1.165) is 11.8 Å². The number of thioether (sulfide) groups is 1. The van der Waals surface area contributed by atoms with E-state index >= 15 is 0 Å². The highest BCUT2D eigenvalue weighted by Crippen LogP contribution is 2.28. The summed E-state index contributed by atoms with van der Waals surface area (Å²) in [6.45, 7) is 0. The molecule has 1 amide bonds. The second-order valence-corrected chi connectivity index (χ2v) is 8.23. The quantitative estimate of drug-likeness (QED) is 0.353. The fraction of sp³-hybridized carbons (Fsp3) is 0.0909. The molecule has 0 unspecified atom stereocenters. The van der Waals surface area contributed by atoms with E-state index in [-0.39, 0.29) is 17.2 Å². The molecule has 0 saturated heterocycles. The Labute approximate surface area is 185 Å². The number of nitriles is 1. The van der Waals surface area contributed by atoms with Crippen LogP contribution in [0.5, 0.6) is 5.75 Å². The normalized spacial score (nSPS) is 10.6. The number of aromatic nitrogens is 2. The van der Waals surface area contributed by atoms with Crippen molar-refractivity contribution in [3.63, 3.8) is 0 Å². The second-order valence-electron chi connectivity index (χ2n) is 6.37. The predicted molar refractivity (Wildman–Crippen MR) is 122 cm³/mol. The van der Waals surface area contributed by atoms with Gasteiger partial charge in [-0.25, -0.2) is 4.98 Å². The molecule has 2 aromatic carbocycles. The Hall–Kier alpha value is -3.61. The summed E-state index contributed by atoms with van der Waals surface area (Å²) in [6, 6.07) is 17.7. The molecule has 0 fully saturated rings. The van der Waals surface area contributed by atoms with Gasteiger partial charge in [0.25, 0.3) is 5.56 Å². The molecular weight excluding hydrogens is 432 g/mol. The maximum atomic E-state index is 13.2. The van der Waals surface area contributed by atoms with Crippen LogP contribution in [0.25, 0.3) is 15.9 Å². The van der Waals surface area contributed by atoms with E-state index in [1.54, 1.807) is 42.5 Å². The number of carbonyl (C=O) groups is 1. The SMILES string of the molecule is COc1ccccc1-n1c(SCC(=O)Nc2cccc(C#N)c2)nc2ccsc2c1=O. The van der Waals surface area contributed by atoms with E-state index in [1.807, 2.05) is 23.6 Å². The number of hydrogen-bond acceptors (Lipinski definition) is 7. The van der Waals surface area contributed by atoms with Gasteiger partial charge in [-0.1, -0.05) is 30.0 Å². The maximum Gasteiger partial charge on any atom is 0.276 e. The first-order valence-corrected chi connectivity index (χ1v) is 11.0. The number of para-hydroxylation sites is 2. The van der Waals surface area contributed by atoms with Crippen LogP contribution in [0, 0.1) is 11.3 Å². The van der Waals surface area contributed by atoms with Crippen LogP contribution in [0.4, 0.5) is 5.69 Å². The van der Waals surface area contributed by atoms with Crippen LogP contribution in [0.1, 0.15) is 5.56 Å². The number of methoxy groups -OCH3 is 1. The summed E-state index contributed by atoms with van der Waals surface area (Å²) in [4.78, 5) is 30.3. The number of nitrogens with zero attached hydrogens (tertiary/aromatic N) is 3. The fourth-order valence-corrected chi connectivity index (χ4v) is 4.57. The number of thiophene rings is 1. The molecule has 9 heteroatoms. The third kappa shape index (κ3) is 4.30. The molecule has 2 heterocycles. The van der Waals surface area contributed by atoms with Gasteiger partial charge in [0, 0.05) is 5.69 Å². The summed E-state index contributed by atoms with van der Waals surface area (Å²) in [5.41, 5.74) is 1.93. The molecule has 0 aliphatic carbocycles. The minimum Gasteiger partial charge on any atom is -0.495 e. The minimum absolute atomic E-state index is 0.0357. The molecule has 4 rings (SSSR count). The Bertz CT molecular complexity index is 1370. The zero-order valence-corrected chi connectivity index (χ0v) is 18.0. The van der Waals surface area contributed by atoms with Gasteiger partial charge in [0.1, 0.15) is 10.4 Å². The summed E-state index contributed by atoms with van der Waals surface area (Å²) in [7, 11) is 1.54. The molecule has 2 aromatic heterocycles. The van der Waals surface area contributed by atoms with Gasteiger partial charge >= 0.3 is 0 Å². The number of anilines is 1. The highest BCUT2D eigenvalue weighted by atomic mass is 32.2. The molecular formula is C22H16N4O3S2. The van der Waals surface area contributed by atoms with Gasteiger partial charge in [-0.15, -0.1) is 11.3 Å². The van der Waals surface area contributed by atoms with Crippen LogP contribution >= 0.6 is 23.1 Å². The van der Waals surface area contributed by atoms with Gasteiger partial charge in [0.2, 0.25) is 5.91 Å². The summed E-state index contributed by atoms with van der Waals surface area (Å²) in [5.74, 6) is 0.293. The topological polar surface area (TPSA) is 97.0 Å². The van der Waals surface area contributed by atoms with E-state index < -0.39 is 0 Å². The van der Waals surface area contributed by atoms with Gasteiger partial charge < -0.3 is 10.1 Å². The molecule has 31 heavy (non-hydrogen) atoms. The van der Waals surface area contributed by atoms with Crippen molar-refractivity contribution >= 4 is 44.9 Å². The lowest BCUT2D eigenvalue weighted by Crippen LogP contribution is -2.22. The minimum atomic E-state index is -0.272. The Morgan fingerprint density at radius 2 is 2.10 bits per heavy atom. The lowest BCUT2D eigenvalue weighted by atomic mass is 10.2. The largest absolute Gasteiger partial charge is 0.495 e. The Morgan fingerprint density at radius 3 is 2.90 bits per heavy atom. The molecule has 0 atom stereocenters. The molecule has 0 spiro atoms. The first-order valence-electron chi connectivity index (χ1n) is 9.17. The van der Waals surface area contributed by atoms with Gasteiger partial charge in [-0.2, -0.15) is 5.26 Å². The monoisotopic (exact) mass is 448 g/mol. The molecule has 0 bridgehead atoms. The van der Waals surface area contributed by atoms with Crippen molar-refractivity contribution in [3.05, 3.63) is 75.9 Å². The predicted octanol–water partition coefficient (Wildman–Crippen LogP) is 4.06. The van der Waals surface area contributed by atoms with Crippen LogP contribution in [-0.4, -0.2) is 28.3 Å². The van der Waals surface area contributed by atoms with Gasteiger partial charge in [0.05, 0.1) is 35.7 Å². The van der Waals surface area contributed by atoms with E-state index in [0.29, 0.717) is 38.1 Å². The average molecular weight is 449 g/mol. The summed E-state index contributed by atoms with van der Waals surface area (Å²) in [5, 5.41) is 14.0. The zero-order chi connectivity index (χ0) is 21.8. The number of ether oxygens (including phenoxy) is 1. The van der Waals surface area contributed by atoms with Gasteiger partial charge in [-0.3, -0.25) is 14.2 Å². The van der Waals surface area contributed by atoms with E-state index in [9.17, 15) is 9.59 Å². The van der Waals surface area contributed by atoms with Crippen LogP contribution in [0.15, 0.2) is 69.9 Å². The Morgan fingerprint density at radius 1 is 1.26 bits per heavy atom. The molecule has 0 aliphatic heterocycles. The number of benzene rings is 2. The number of rotatable bonds is 6. The van der Waals surface area contributed by atoms with Crippen molar-refractivity contribution in [1.29, 1.82) is 5.26 Å². The van der Waals surface area contributed by atoms with Crippen LogP contribution in [0.3, 0.4) is 0 Å². The summed E-state index contributed by atoms with van der Waals surface area (Å²) < 4.78 is 7.44. The van der Waals surface area contributed by atoms with Crippen molar-refractivity contribution in [2.75, 3.05) is 18.2 Å². The van der Waals surface area contributed by atoms with Crippen LogP contribution in [0.2, 0.25) is 0 Å². The summed E-state index contributed by atoms with van der Waals surface area (Å²) >= 11 is 2.48. The highest BCUT2D eigenvalue weighted by Gasteiger charge is 2.18. The zero-order valence-electron chi connectivity index (χ0n) is 16.4. The molecule has 154 valence electrons. The Kier molecular flexibility index (Phi) is 6.02. The van der Waals surface area contributed by atoms with E-state index in [1.165, 1.54) is 23.0 Å². The summed E-state index contributed by atoms with van der Waals surface area (Å²) in [6.07, 6.45) is 0. The molecule has 0 aliphatic rings. The van der Waals surface area contributed by atoms with Crippen molar-refractivity contribution in [2.24, 2.45) is 0 Å². The third-order valence-corrected chi connectivity index (χ3v) is 6.21. The van der Waals surface area contributed by atoms with Crippen molar-refractivity contribution in [3.8, 4) is 17.5 Å². The van der Waals surface area contributed by atoms with Crippen molar-refractivity contribution < 1.29 is 9.53 Å². The van der Waals surface area contributed by atoms with Crippen LogP contribution < -0.4 is 15.6 Å².